The van der Waals surface area contributed by atoms with Crippen molar-refractivity contribution >= 4 is 33.2 Å². The second-order valence-corrected chi connectivity index (χ2v) is 5.59. The number of benzene rings is 2. The van der Waals surface area contributed by atoms with Crippen molar-refractivity contribution in [3.05, 3.63) is 56.5 Å². The highest BCUT2D eigenvalue weighted by atomic mass is 79.9. The molecule has 8 heteroatoms. The van der Waals surface area contributed by atoms with Crippen LogP contribution in [-0.2, 0) is 0 Å². The molecule has 0 fully saturated rings. The molecule has 118 valence electrons. The molecule has 0 saturated heterocycles. The zero-order chi connectivity index (χ0) is 16.4. The molecule has 23 heavy (non-hydrogen) atoms. The highest BCUT2D eigenvalue weighted by Gasteiger charge is 2.17. The van der Waals surface area contributed by atoms with Gasteiger partial charge in [0.15, 0.2) is 11.5 Å². The molecule has 0 spiro atoms. The summed E-state index contributed by atoms with van der Waals surface area (Å²) >= 11 is 3.36. The van der Waals surface area contributed by atoms with E-state index in [1.807, 2.05) is 0 Å². The second kappa shape index (κ2) is 6.25. The van der Waals surface area contributed by atoms with E-state index in [-0.39, 0.29) is 11.3 Å². The number of hydrogen-bond acceptors (Lipinski definition) is 5. The molecule has 1 aliphatic heterocycles. The molecule has 0 aliphatic carbocycles. The molecule has 0 atom stereocenters. The Kier molecular flexibility index (Phi) is 4.16. The molecule has 0 bridgehead atoms. The number of nitrogens with one attached hydrogen (secondary N) is 1. The van der Waals surface area contributed by atoms with Crippen LogP contribution in [0.1, 0.15) is 10.4 Å². The van der Waals surface area contributed by atoms with Gasteiger partial charge in [-0.3, -0.25) is 14.9 Å². The topological polar surface area (TPSA) is 90.7 Å². The summed E-state index contributed by atoms with van der Waals surface area (Å²) in [6.45, 7) is 0.908. The highest BCUT2D eigenvalue weighted by molar-refractivity contribution is 9.10. The van der Waals surface area contributed by atoms with Crippen LogP contribution in [0.3, 0.4) is 0 Å². The normalized spacial score (nSPS) is 12.6. The van der Waals surface area contributed by atoms with Crippen molar-refractivity contribution in [2.75, 3.05) is 18.5 Å². The van der Waals surface area contributed by atoms with E-state index in [0.29, 0.717) is 34.9 Å². The van der Waals surface area contributed by atoms with Crippen LogP contribution < -0.4 is 14.8 Å². The summed E-state index contributed by atoms with van der Waals surface area (Å²) in [6.07, 6.45) is 0. The number of rotatable bonds is 3. The van der Waals surface area contributed by atoms with E-state index >= 15 is 0 Å². The maximum atomic E-state index is 12.3. The molecule has 0 unspecified atom stereocenters. The second-order valence-electron chi connectivity index (χ2n) is 4.74. The molecule has 2 aromatic carbocycles. The minimum Gasteiger partial charge on any atom is -0.486 e. The average molecular weight is 379 g/mol. The summed E-state index contributed by atoms with van der Waals surface area (Å²) in [5, 5.41) is 13.5. The van der Waals surface area contributed by atoms with Gasteiger partial charge in [0.25, 0.3) is 11.6 Å². The smallest absolute Gasteiger partial charge is 0.270 e. The van der Waals surface area contributed by atoms with Crippen molar-refractivity contribution < 1.29 is 19.2 Å². The first-order valence-electron chi connectivity index (χ1n) is 6.69. The van der Waals surface area contributed by atoms with E-state index in [4.69, 9.17) is 9.47 Å². The third kappa shape index (κ3) is 3.26. The Morgan fingerprint density at radius 2 is 1.87 bits per heavy atom. The van der Waals surface area contributed by atoms with Gasteiger partial charge >= 0.3 is 0 Å². The molecule has 0 aromatic heterocycles. The van der Waals surface area contributed by atoms with Gasteiger partial charge in [0.2, 0.25) is 0 Å². The lowest BCUT2D eigenvalue weighted by Crippen LogP contribution is -2.17. The molecule has 1 N–H and O–H groups in total. The van der Waals surface area contributed by atoms with E-state index in [2.05, 4.69) is 21.2 Å². The van der Waals surface area contributed by atoms with Crippen LogP contribution in [0.2, 0.25) is 0 Å². The van der Waals surface area contributed by atoms with Gasteiger partial charge in [-0.1, -0.05) is 6.07 Å². The van der Waals surface area contributed by atoms with E-state index in [0.717, 1.165) is 0 Å². The number of anilines is 1. The van der Waals surface area contributed by atoms with Gasteiger partial charge in [-0.05, 0) is 22.0 Å². The zero-order valence-corrected chi connectivity index (χ0v) is 13.3. The van der Waals surface area contributed by atoms with Crippen LogP contribution in [-0.4, -0.2) is 24.0 Å². The molecule has 2 aromatic rings. The van der Waals surface area contributed by atoms with Gasteiger partial charge in [0, 0.05) is 34.3 Å². The van der Waals surface area contributed by atoms with Gasteiger partial charge in [-0.15, -0.1) is 0 Å². The quantitative estimate of drug-likeness (QED) is 0.652. The number of non-ortho nitro benzene ring substituents is 1. The van der Waals surface area contributed by atoms with Crippen LogP contribution >= 0.6 is 15.9 Å². The Morgan fingerprint density at radius 1 is 1.17 bits per heavy atom. The number of ether oxygens (including phenoxy) is 2. The third-order valence-corrected chi connectivity index (χ3v) is 3.86. The van der Waals surface area contributed by atoms with Gasteiger partial charge in [0.05, 0.1) is 10.6 Å². The van der Waals surface area contributed by atoms with Crippen LogP contribution in [0.25, 0.3) is 0 Å². The number of nitro benzene ring substituents is 1. The molecule has 0 radical (unpaired) electrons. The Hall–Kier alpha value is -2.61. The molecule has 1 amide bonds. The van der Waals surface area contributed by atoms with Gasteiger partial charge in [-0.25, -0.2) is 0 Å². The van der Waals surface area contributed by atoms with Crippen molar-refractivity contribution in [1.82, 2.24) is 0 Å². The van der Waals surface area contributed by atoms with Crippen molar-refractivity contribution in [3.63, 3.8) is 0 Å². The van der Waals surface area contributed by atoms with E-state index in [1.165, 1.54) is 24.3 Å². The fourth-order valence-electron chi connectivity index (χ4n) is 2.11. The van der Waals surface area contributed by atoms with E-state index < -0.39 is 10.8 Å². The number of hydrogen-bond donors (Lipinski definition) is 1. The SMILES string of the molecule is O=C(Nc1cc2c(cc1Br)OCCO2)c1cccc([N+](=O)[O-])c1. The first-order valence-corrected chi connectivity index (χ1v) is 7.49. The first kappa shape index (κ1) is 15.3. The molecular weight excluding hydrogens is 368 g/mol. The van der Waals surface area contributed by atoms with Crippen molar-refractivity contribution in [1.29, 1.82) is 0 Å². The van der Waals surface area contributed by atoms with Crippen LogP contribution in [0.5, 0.6) is 11.5 Å². The van der Waals surface area contributed by atoms with Gasteiger partial charge < -0.3 is 14.8 Å². The van der Waals surface area contributed by atoms with E-state index in [9.17, 15) is 14.9 Å². The molecule has 0 saturated carbocycles. The lowest BCUT2D eigenvalue weighted by molar-refractivity contribution is -0.384. The summed E-state index contributed by atoms with van der Waals surface area (Å²) in [4.78, 5) is 22.5. The Bertz CT molecular complexity index is 793. The molecular formula is C15H11BrN2O5. The average Bonchev–Trinajstić information content (AvgIpc) is 2.55. The van der Waals surface area contributed by atoms with Crippen molar-refractivity contribution in [2.24, 2.45) is 0 Å². The van der Waals surface area contributed by atoms with Gasteiger partial charge in [0.1, 0.15) is 13.2 Å². The minimum absolute atomic E-state index is 0.140. The molecule has 3 rings (SSSR count). The summed E-state index contributed by atoms with van der Waals surface area (Å²) in [7, 11) is 0. The maximum absolute atomic E-state index is 12.3. The summed E-state index contributed by atoms with van der Waals surface area (Å²) in [5.41, 5.74) is 0.547. The van der Waals surface area contributed by atoms with E-state index in [1.54, 1.807) is 12.1 Å². The fourth-order valence-corrected chi connectivity index (χ4v) is 2.54. The molecule has 1 heterocycles. The van der Waals surface area contributed by atoms with Crippen LogP contribution in [0, 0.1) is 10.1 Å². The number of carbonyl (C=O) groups excluding carboxylic acids is 1. The number of carbonyl (C=O) groups is 1. The fraction of sp³-hybridized carbons (Fsp3) is 0.133. The number of amides is 1. The molecule has 7 nitrogen and oxygen atoms in total. The third-order valence-electron chi connectivity index (χ3n) is 3.20. The number of nitro groups is 1. The largest absolute Gasteiger partial charge is 0.486 e. The van der Waals surface area contributed by atoms with Crippen LogP contribution in [0.15, 0.2) is 40.9 Å². The van der Waals surface area contributed by atoms with Crippen LogP contribution in [0.4, 0.5) is 11.4 Å². The standard InChI is InChI=1S/C15H11BrN2O5/c16-11-7-13-14(23-5-4-22-13)8-12(11)17-15(19)9-2-1-3-10(6-9)18(20)21/h1-3,6-8H,4-5H2,(H,17,19). The predicted molar refractivity (Wildman–Crippen MR) is 86.2 cm³/mol. The summed E-state index contributed by atoms with van der Waals surface area (Å²) in [5.74, 6) is 0.677. The summed E-state index contributed by atoms with van der Waals surface area (Å²) < 4.78 is 11.5. The van der Waals surface area contributed by atoms with Crippen molar-refractivity contribution in [3.8, 4) is 11.5 Å². The van der Waals surface area contributed by atoms with Gasteiger partial charge in [-0.2, -0.15) is 0 Å². The summed E-state index contributed by atoms with van der Waals surface area (Å²) in [6, 6.07) is 8.88. The number of halogens is 1. The lowest BCUT2D eigenvalue weighted by Gasteiger charge is -2.20. The highest BCUT2D eigenvalue weighted by Crippen LogP contribution is 2.38. The first-order chi connectivity index (χ1) is 11.0. The Balaban J connectivity index is 1.85. The molecule has 1 aliphatic rings. The minimum atomic E-state index is -0.545. The van der Waals surface area contributed by atoms with Crippen molar-refractivity contribution in [2.45, 2.75) is 0 Å². The predicted octanol–water partition coefficient (Wildman–Crippen LogP) is 3.38. The Morgan fingerprint density at radius 3 is 2.57 bits per heavy atom. The number of nitrogens with zero attached hydrogens (tertiary/aromatic N) is 1. The Labute approximate surface area is 139 Å². The maximum Gasteiger partial charge on any atom is 0.270 e. The monoisotopic (exact) mass is 378 g/mol. The lowest BCUT2D eigenvalue weighted by atomic mass is 10.2. The number of fused-ring (bicyclic) bond motifs is 1. The zero-order valence-electron chi connectivity index (χ0n) is 11.7.